The normalized spacial score (nSPS) is 12.5. The second kappa shape index (κ2) is 13.2. The maximum atomic E-state index is 12.9. The molecule has 194 valence electrons. The van der Waals surface area contributed by atoms with Gasteiger partial charge in [0.2, 0.25) is 0 Å². The molecule has 2 aromatic rings. The first-order chi connectivity index (χ1) is 17.0. The second-order valence-corrected chi connectivity index (χ2v) is 8.62. The van der Waals surface area contributed by atoms with Crippen molar-refractivity contribution in [3.05, 3.63) is 64.2 Å². The molecule has 0 saturated heterocycles. The number of nitro benzene ring substituents is 1. The van der Waals surface area contributed by atoms with Gasteiger partial charge < -0.3 is 25.2 Å². The number of urea groups is 1. The van der Waals surface area contributed by atoms with Crippen LogP contribution in [0.15, 0.2) is 48.5 Å². The molecule has 0 aliphatic heterocycles. The molecule has 1 unspecified atom stereocenters. The summed E-state index contributed by atoms with van der Waals surface area (Å²) < 4.78 is 4.77. The third kappa shape index (κ3) is 8.35. The van der Waals surface area contributed by atoms with Crippen molar-refractivity contribution in [3.63, 3.8) is 0 Å². The topological polar surface area (TPSA) is 159 Å². The van der Waals surface area contributed by atoms with Crippen molar-refractivity contribution < 1.29 is 34.3 Å². The minimum Gasteiger partial charge on any atom is -0.480 e. The molecule has 0 aromatic heterocycles. The third-order valence-corrected chi connectivity index (χ3v) is 5.20. The Morgan fingerprint density at radius 3 is 2.31 bits per heavy atom. The minimum atomic E-state index is -1.56. The average Bonchev–Trinajstić information content (AvgIpc) is 2.83. The summed E-state index contributed by atoms with van der Waals surface area (Å²) in [7, 11) is 0. The van der Waals surface area contributed by atoms with Gasteiger partial charge in [-0.2, -0.15) is 0 Å². The van der Waals surface area contributed by atoms with E-state index >= 15 is 0 Å². The molecule has 0 spiro atoms. The number of carbonyl (C=O) groups excluding carboxylic acids is 2. The average molecular weight is 502 g/mol. The van der Waals surface area contributed by atoms with Gasteiger partial charge in [-0.05, 0) is 29.5 Å². The Morgan fingerprint density at radius 1 is 1.08 bits per heavy atom. The van der Waals surface area contributed by atoms with Crippen LogP contribution >= 0.6 is 0 Å². The number of rotatable bonds is 12. The number of amides is 2. The first kappa shape index (κ1) is 28.2. The second-order valence-electron chi connectivity index (χ2n) is 8.62. The Balaban J connectivity index is 2.12. The summed E-state index contributed by atoms with van der Waals surface area (Å²) in [6, 6.07) is 11.0. The molecule has 0 fully saturated rings. The number of hydrogen-bond acceptors (Lipinski definition) is 7. The van der Waals surface area contributed by atoms with E-state index in [0.717, 1.165) is 5.56 Å². The van der Waals surface area contributed by atoms with Crippen LogP contribution in [0.25, 0.3) is 11.1 Å². The molecule has 0 heterocycles. The fraction of sp³-hybridized carbons (Fsp3) is 0.400. The van der Waals surface area contributed by atoms with Gasteiger partial charge in [-0.3, -0.25) is 10.1 Å². The Bertz CT molecular complexity index is 1070. The molecule has 3 N–H and O–H groups in total. The molecule has 11 heteroatoms. The van der Waals surface area contributed by atoms with E-state index in [2.05, 4.69) is 5.32 Å². The summed E-state index contributed by atoms with van der Waals surface area (Å²) >= 11 is 0. The summed E-state index contributed by atoms with van der Waals surface area (Å²) in [5, 5.41) is 33.2. The summed E-state index contributed by atoms with van der Waals surface area (Å²) in [6.45, 7) is 5.20. The van der Waals surface area contributed by atoms with Gasteiger partial charge in [-0.1, -0.05) is 50.2 Å². The Hall–Kier alpha value is -3.99. The molecular weight excluding hydrogens is 470 g/mol. The maximum absolute atomic E-state index is 12.9. The largest absolute Gasteiger partial charge is 0.480 e. The Labute approximate surface area is 208 Å². The number of benzene rings is 2. The highest BCUT2D eigenvalue weighted by molar-refractivity contribution is 5.83. The van der Waals surface area contributed by atoms with Crippen LogP contribution in [-0.2, 0) is 20.7 Å². The maximum Gasteiger partial charge on any atom is 0.336 e. The van der Waals surface area contributed by atoms with Crippen molar-refractivity contribution in [2.24, 2.45) is 5.92 Å². The van der Waals surface area contributed by atoms with Crippen LogP contribution in [0.5, 0.6) is 0 Å². The SMILES string of the molecule is CCOC(=O)C(O)CN(CC(C)C)C(=O)N[C@@H](Cc1ccc(-c2cccc([N+](=O)[O-])c2)cc1)C(=O)O. The lowest BCUT2D eigenvalue weighted by Gasteiger charge is -2.28. The fourth-order valence-electron chi connectivity index (χ4n) is 3.51. The molecule has 0 radical (unpaired) electrons. The van der Waals surface area contributed by atoms with E-state index in [9.17, 15) is 34.7 Å². The predicted octanol–water partition coefficient (Wildman–Crippen LogP) is 2.85. The number of carboxylic acid groups (broad SMARTS) is 1. The van der Waals surface area contributed by atoms with Crippen molar-refractivity contribution in [2.75, 3.05) is 19.7 Å². The molecule has 2 aromatic carbocycles. The molecule has 0 bridgehead atoms. The summed E-state index contributed by atoms with van der Waals surface area (Å²) in [5.74, 6) is -2.12. The van der Waals surface area contributed by atoms with E-state index in [0.29, 0.717) is 11.1 Å². The van der Waals surface area contributed by atoms with Crippen LogP contribution in [0.2, 0.25) is 0 Å². The molecule has 0 saturated carbocycles. The number of hydrogen-bond donors (Lipinski definition) is 3. The summed E-state index contributed by atoms with van der Waals surface area (Å²) in [4.78, 5) is 48.2. The molecule has 0 aliphatic carbocycles. The smallest absolute Gasteiger partial charge is 0.336 e. The van der Waals surface area contributed by atoms with Gasteiger partial charge in [-0.15, -0.1) is 0 Å². The number of nitrogens with zero attached hydrogens (tertiary/aromatic N) is 2. The van der Waals surface area contributed by atoms with Gasteiger partial charge in [-0.25, -0.2) is 14.4 Å². The number of nitrogens with one attached hydrogen (secondary N) is 1. The molecule has 11 nitrogen and oxygen atoms in total. The van der Waals surface area contributed by atoms with Gasteiger partial charge in [0.05, 0.1) is 18.1 Å². The number of carbonyl (C=O) groups is 3. The van der Waals surface area contributed by atoms with Crippen molar-refractivity contribution in [1.82, 2.24) is 10.2 Å². The highest BCUT2D eigenvalue weighted by Crippen LogP contribution is 2.24. The first-order valence-electron chi connectivity index (χ1n) is 11.5. The van der Waals surface area contributed by atoms with E-state index in [4.69, 9.17) is 4.74 Å². The van der Waals surface area contributed by atoms with E-state index in [-0.39, 0.29) is 37.7 Å². The van der Waals surface area contributed by atoms with Crippen LogP contribution < -0.4 is 5.32 Å². The van der Waals surface area contributed by atoms with E-state index in [1.165, 1.54) is 17.0 Å². The number of aliphatic carboxylic acids is 1. The molecule has 2 rings (SSSR count). The zero-order chi connectivity index (χ0) is 26.8. The number of aliphatic hydroxyl groups excluding tert-OH is 1. The molecule has 2 amide bonds. The quantitative estimate of drug-likeness (QED) is 0.227. The minimum absolute atomic E-state index is 0.00483. The van der Waals surface area contributed by atoms with Gasteiger partial charge >= 0.3 is 18.0 Å². The lowest BCUT2D eigenvalue weighted by Crippen LogP contribution is -2.52. The monoisotopic (exact) mass is 501 g/mol. The molecular formula is C25H31N3O8. The molecule has 2 atom stereocenters. The molecule has 0 aliphatic rings. The van der Waals surface area contributed by atoms with Gasteiger partial charge in [0.15, 0.2) is 6.10 Å². The van der Waals surface area contributed by atoms with Crippen molar-refractivity contribution in [1.29, 1.82) is 0 Å². The van der Waals surface area contributed by atoms with Crippen LogP contribution in [0.3, 0.4) is 0 Å². The van der Waals surface area contributed by atoms with Crippen LogP contribution in [0, 0.1) is 16.0 Å². The number of ether oxygens (including phenoxy) is 1. The summed E-state index contributed by atoms with van der Waals surface area (Å²) in [5.41, 5.74) is 1.95. The zero-order valence-corrected chi connectivity index (χ0v) is 20.4. The lowest BCUT2D eigenvalue weighted by molar-refractivity contribution is -0.384. The first-order valence-corrected chi connectivity index (χ1v) is 11.5. The fourth-order valence-corrected chi connectivity index (χ4v) is 3.51. The standard InChI is InChI=1S/C25H31N3O8/c1-4-36-24(32)22(29)15-27(14-16(2)3)25(33)26-21(23(30)31)12-17-8-10-18(11-9-17)19-6-5-7-20(13-19)28(34)35/h5-11,13,16,21-22,29H,4,12,14-15H2,1-3H3,(H,26,33)(H,30,31)/t21-,22?/m0/s1. The Morgan fingerprint density at radius 2 is 1.75 bits per heavy atom. The van der Waals surface area contributed by atoms with E-state index in [1.54, 1.807) is 43.3 Å². The number of nitro groups is 1. The highest BCUT2D eigenvalue weighted by atomic mass is 16.6. The lowest BCUT2D eigenvalue weighted by atomic mass is 10.0. The third-order valence-electron chi connectivity index (χ3n) is 5.20. The van der Waals surface area contributed by atoms with Crippen LogP contribution in [0.4, 0.5) is 10.5 Å². The van der Waals surface area contributed by atoms with Gasteiger partial charge in [0, 0.05) is 25.1 Å². The van der Waals surface area contributed by atoms with Crippen molar-refractivity contribution >= 4 is 23.7 Å². The van der Waals surface area contributed by atoms with Crippen molar-refractivity contribution in [2.45, 2.75) is 39.3 Å². The number of esters is 1. The predicted molar refractivity (Wildman–Crippen MR) is 131 cm³/mol. The van der Waals surface area contributed by atoms with E-state index in [1.807, 2.05) is 13.8 Å². The van der Waals surface area contributed by atoms with Crippen LogP contribution in [0.1, 0.15) is 26.3 Å². The number of non-ortho nitro benzene ring substituents is 1. The van der Waals surface area contributed by atoms with Gasteiger partial charge in [0.25, 0.3) is 5.69 Å². The van der Waals surface area contributed by atoms with Crippen LogP contribution in [-0.4, -0.2) is 69.8 Å². The van der Waals surface area contributed by atoms with E-state index < -0.39 is 35.0 Å². The zero-order valence-electron chi connectivity index (χ0n) is 20.4. The van der Waals surface area contributed by atoms with Crippen molar-refractivity contribution in [3.8, 4) is 11.1 Å². The summed E-state index contributed by atoms with van der Waals surface area (Å²) in [6.07, 6.45) is -1.58. The van der Waals surface area contributed by atoms with Gasteiger partial charge in [0.1, 0.15) is 6.04 Å². The number of carboxylic acids is 1. The highest BCUT2D eigenvalue weighted by Gasteiger charge is 2.28. The molecule has 36 heavy (non-hydrogen) atoms. The number of aliphatic hydroxyl groups is 1. The Kier molecular flexibility index (Phi) is 10.4.